The molecule has 1 aliphatic rings. The van der Waals surface area contributed by atoms with Crippen molar-refractivity contribution in [1.82, 2.24) is 10.9 Å². The average molecular weight is 405 g/mol. The third kappa shape index (κ3) is 4.81. The van der Waals surface area contributed by atoms with Crippen LogP contribution in [0.15, 0.2) is 59.0 Å². The zero-order chi connectivity index (χ0) is 20.9. The lowest BCUT2D eigenvalue weighted by atomic mass is 10.1. The lowest BCUT2D eigenvalue weighted by Crippen LogP contribution is -2.43. The van der Waals surface area contributed by atoms with Gasteiger partial charge in [0.25, 0.3) is 0 Å². The Morgan fingerprint density at radius 3 is 2.73 bits per heavy atom. The lowest BCUT2D eigenvalue weighted by Gasteiger charge is -2.08. The Labute approximate surface area is 174 Å². The maximum Gasteiger partial charge on any atom is 0.337 e. The van der Waals surface area contributed by atoms with Gasteiger partial charge in [0.2, 0.25) is 0 Å². The van der Waals surface area contributed by atoms with Crippen molar-refractivity contribution in [3.05, 3.63) is 82.8 Å². The van der Waals surface area contributed by atoms with Gasteiger partial charge in [0.05, 0.1) is 0 Å². The van der Waals surface area contributed by atoms with E-state index in [2.05, 4.69) is 28.3 Å². The Morgan fingerprint density at radius 2 is 1.87 bits per heavy atom. The molecule has 3 N–H and O–H groups in total. The Balaban J connectivity index is 1.26. The fraction of sp³-hybridized carbons (Fsp3) is 0.217. The minimum Gasteiger partial charge on any atom is -0.486 e. The maximum atomic E-state index is 12.2. The molecule has 7 heteroatoms. The summed E-state index contributed by atoms with van der Waals surface area (Å²) in [6.07, 6.45) is 3.40. The van der Waals surface area contributed by atoms with Crippen LogP contribution < -0.4 is 20.9 Å². The second-order valence-corrected chi connectivity index (χ2v) is 7.24. The molecule has 0 unspecified atom stereocenters. The minimum atomic E-state index is -0.557. The topological polar surface area (TPSA) is 92.6 Å². The standard InChI is InChI=1S/C23H23N3O4/c1-15-4-2-7-18(12-15)24-23(28)26-25-22(27)21-11-10-20(30-21)14-29-19-9-8-16-5-3-6-17(16)13-19/h2,4,7-13H,3,5-6,14H2,1H3,(H,25,27)(H2,24,26,28). The van der Waals surface area contributed by atoms with Crippen molar-refractivity contribution in [3.63, 3.8) is 0 Å². The van der Waals surface area contributed by atoms with E-state index in [1.54, 1.807) is 12.1 Å². The summed E-state index contributed by atoms with van der Waals surface area (Å²) in [7, 11) is 0. The van der Waals surface area contributed by atoms with Crippen molar-refractivity contribution in [3.8, 4) is 5.75 Å². The van der Waals surface area contributed by atoms with Crippen molar-refractivity contribution >= 4 is 17.6 Å². The molecule has 3 amide bonds. The summed E-state index contributed by atoms with van der Waals surface area (Å²) in [6.45, 7) is 2.14. The number of hydrogen-bond acceptors (Lipinski definition) is 4. The molecule has 3 aromatic rings. The first-order valence-corrected chi connectivity index (χ1v) is 9.84. The molecular formula is C23H23N3O4. The van der Waals surface area contributed by atoms with Crippen LogP contribution in [0.1, 0.15) is 39.4 Å². The van der Waals surface area contributed by atoms with Crippen molar-refractivity contribution < 1.29 is 18.7 Å². The summed E-state index contributed by atoms with van der Waals surface area (Å²) < 4.78 is 11.3. The molecule has 0 spiro atoms. The number of furan rings is 1. The smallest absolute Gasteiger partial charge is 0.337 e. The van der Waals surface area contributed by atoms with Crippen molar-refractivity contribution in [2.45, 2.75) is 32.8 Å². The van der Waals surface area contributed by atoms with Gasteiger partial charge in [-0.1, -0.05) is 18.2 Å². The first-order chi connectivity index (χ1) is 14.6. The Kier molecular flexibility index (Phi) is 5.70. The number of amides is 3. The van der Waals surface area contributed by atoms with Gasteiger partial charge in [0, 0.05) is 5.69 Å². The van der Waals surface area contributed by atoms with E-state index in [-0.39, 0.29) is 12.4 Å². The molecule has 0 atom stereocenters. The molecule has 0 fully saturated rings. The van der Waals surface area contributed by atoms with E-state index in [9.17, 15) is 9.59 Å². The SMILES string of the molecule is Cc1cccc(NC(=O)NNC(=O)c2ccc(COc3ccc4c(c3)CCC4)o2)c1. The lowest BCUT2D eigenvalue weighted by molar-refractivity contribution is 0.0906. The van der Waals surface area contributed by atoms with E-state index in [0.717, 1.165) is 24.2 Å². The highest BCUT2D eigenvalue weighted by molar-refractivity contribution is 5.95. The number of aryl methyl sites for hydroxylation is 3. The van der Waals surface area contributed by atoms with E-state index in [0.29, 0.717) is 11.4 Å². The highest BCUT2D eigenvalue weighted by Gasteiger charge is 2.14. The van der Waals surface area contributed by atoms with Gasteiger partial charge in [0.15, 0.2) is 5.76 Å². The molecule has 0 aliphatic heterocycles. The molecule has 154 valence electrons. The van der Waals surface area contributed by atoms with Crippen molar-refractivity contribution in [2.24, 2.45) is 0 Å². The van der Waals surface area contributed by atoms with Gasteiger partial charge in [-0.05, 0) is 79.3 Å². The predicted molar refractivity (Wildman–Crippen MR) is 112 cm³/mol. The van der Waals surface area contributed by atoms with Crippen LogP contribution >= 0.6 is 0 Å². The average Bonchev–Trinajstić information content (AvgIpc) is 3.39. The molecule has 0 bridgehead atoms. The van der Waals surface area contributed by atoms with E-state index >= 15 is 0 Å². The number of hydrazine groups is 1. The summed E-state index contributed by atoms with van der Waals surface area (Å²) in [5.41, 5.74) is 8.98. The predicted octanol–water partition coefficient (Wildman–Crippen LogP) is 4.12. The number of urea groups is 1. The molecule has 0 radical (unpaired) electrons. The van der Waals surface area contributed by atoms with Crippen LogP contribution in [0.4, 0.5) is 10.5 Å². The Hall–Kier alpha value is -3.74. The highest BCUT2D eigenvalue weighted by atomic mass is 16.5. The Morgan fingerprint density at radius 1 is 1.00 bits per heavy atom. The number of anilines is 1. The van der Waals surface area contributed by atoms with Gasteiger partial charge < -0.3 is 14.5 Å². The van der Waals surface area contributed by atoms with Crippen LogP contribution in [-0.2, 0) is 19.4 Å². The van der Waals surface area contributed by atoms with Gasteiger partial charge in [-0.2, -0.15) is 0 Å². The monoisotopic (exact) mass is 405 g/mol. The largest absolute Gasteiger partial charge is 0.486 e. The number of benzene rings is 2. The third-order valence-electron chi connectivity index (χ3n) is 4.90. The van der Waals surface area contributed by atoms with Crippen LogP contribution in [-0.4, -0.2) is 11.9 Å². The molecule has 7 nitrogen and oxygen atoms in total. The molecule has 0 saturated heterocycles. The number of hydrogen-bond donors (Lipinski definition) is 3. The van der Waals surface area contributed by atoms with E-state index in [1.165, 1.54) is 23.6 Å². The van der Waals surface area contributed by atoms with Gasteiger partial charge in [-0.25, -0.2) is 10.2 Å². The van der Waals surface area contributed by atoms with E-state index in [4.69, 9.17) is 9.15 Å². The van der Waals surface area contributed by atoms with E-state index in [1.807, 2.05) is 31.2 Å². The molecule has 1 heterocycles. The summed E-state index contributed by atoms with van der Waals surface area (Å²) in [5.74, 6) is 0.828. The first-order valence-electron chi connectivity index (χ1n) is 9.84. The number of carbonyl (C=O) groups is 2. The summed E-state index contributed by atoms with van der Waals surface area (Å²) in [6, 6.07) is 16.1. The quantitative estimate of drug-likeness (QED) is 0.557. The van der Waals surface area contributed by atoms with Crippen LogP contribution in [0.3, 0.4) is 0 Å². The zero-order valence-electron chi connectivity index (χ0n) is 16.7. The van der Waals surface area contributed by atoms with Gasteiger partial charge >= 0.3 is 11.9 Å². The second-order valence-electron chi connectivity index (χ2n) is 7.24. The molecule has 1 aromatic heterocycles. The summed E-state index contributed by atoms with van der Waals surface area (Å²) >= 11 is 0. The number of carbonyl (C=O) groups excluding carboxylic acids is 2. The number of ether oxygens (including phenoxy) is 1. The van der Waals surface area contributed by atoms with Crippen molar-refractivity contribution in [2.75, 3.05) is 5.32 Å². The number of fused-ring (bicyclic) bond motifs is 1. The van der Waals surface area contributed by atoms with Crippen molar-refractivity contribution in [1.29, 1.82) is 0 Å². The van der Waals surface area contributed by atoms with Gasteiger partial charge in [-0.3, -0.25) is 10.2 Å². The van der Waals surface area contributed by atoms with Crippen LogP contribution in [0.25, 0.3) is 0 Å². The molecule has 2 aromatic carbocycles. The molecule has 0 saturated carbocycles. The second kappa shape index (κ2) is 8.73. The molecule has 4 rings (SSSR count). The summed E-state index contributed by atoms with van der Waals surface area (Å²) in [5, 5.41) is 2.64. The van der Waals surface area contributed by atoms with Crippen LogP contribution in [0, 0.1) is 6.92 Å². The third-order valence-corrected chi connectivity index (χ3v) is 4.90. The molecule has 1 aliphatic carbocycles. The molecular weight excluding hydrogens is 382 g/mol. The number of rotatable bonds is 5. The molecule has 30 heavy (non-hydrogen) atoms. The fourth-order valence-electron chi connectivity index (χ4n) is 3.43. The van der Waals surface area contributed by atoms with Gasteiger partial charge in [0.1, 0.15) is 18.1 Å². The zero-order valence-corrected chi connectivity index (χ0v) is 16.7. The minimum absolute atomic E-state index is 0.0819. The van der Waals surface area contributed by atoms with Crippen LogP contribution in [0.2, 0.25) is 0 Å². The normalized spacial score (nSPS) is 12.2. The number of nitrogens with one attached hydrogen (secondary N) is 3. The fourth-order valence-corrected chi connectivity index (χ4v) is 3.43. The highest BCUT2D eigenvalue weighted by Crippen LogP contribution is 2.26. The van der Waals surface area contributed by atoms with E-state index < -0.39 is 11.9 Å². The Bertz CT molecular complexity index is 1070. The summed E-state index contributed by atoms with van der Waals surface area (Å²) in [4.78, 5) is 24.1. The first kappa shape index (κ1) is 19.6. The van der Waals surface area contributed by atoms with Gasteiger partial charge in [-0.15, -0.1) is 0 Å². The maximum absolute atomic E-state index is 12.2. The van der Waals surface area contributed by atoms with Crippen LogP contribution in [0.5, 0.6) is 5.75 Å².